The van der Waals surface area contributed by atoms with Gasteiger partial charge in [-0.05, 0) is 135 Å². The maximum atomic E-state index is 2.40. The van der Waals surface area contributed by atoms with Crippen LogP contribution in [0.3, 0.4) is 0 Å². The number of rotatable bonds is 7. The lowest BCUT2D eigenvalue weighted by atomic mass is 9.97. The molecular weight excluding hydrogens is 532 g/mol. The normalized spacial score (nSPS) is 11.0. The lowest BCUT2D eigenvalue weighted by molar-refractivity contribution is 1.20. The van der Waals surface area contributed by atoms with Crippen molar-refractivity contribution in [3.05, 3.63) is 167 Å². The third-order valence-corrected chi connectivity index (χ3v) is 8.56. The molecule has 2 nitrogen and oxygen atoms in total. The van der Waals surface area contributed by atoms with Crippen LogP contribution in [0.25, 0.3) is 11.1 Å². The van der Waals surface area contributed by atoms with Gasteiger partial charge in [-0.25, -0.2) is 0 Å². The Bertz CT molecular complexity index is 1740. The van der Waals surface area contributed by atoms with Gasteiger partial charge in [0, 0.05) is 22.7 Å². The smallest absolute Gasteiger partial charge is 0.0520 e. The highest BCUT2D eigenvalue weighted by atomic mass is 15.2. The fourth-order valence-electron chi connectivity index (χ4n) is 6.42. The zero-order chi connectivity index (χ0) is 30.8. The largest absolute Gasteiger partial charge is 0.310 e. The number of hydrogen-bond donors (Lipinski definition) is 0. The van der Waals surface area contributed by atoms with Crippen molar-refractivity contribution in [2.75, 3.05) is 9.80 Å². The Hall–Kier alpha value is -5.08. The predicted octanol–water partition coefficient (Wildman–Crippen LogP) is 12.1. The van der Waals surface area contributed by atoms with Crippen molar-refractivity contribution in [1.29, 1.82) is 0 Å². The second-order valence-electron chi connectivity index (χ2n) is 11.8. The summed E-state index contributed by atoms with van der Waals surface area (Å²) >= 11 is 0. The van der Waals surface area contributed by atoms with E-state index in [9.17, 15) is 0 Å². The summed E-state index contributed by atoms with van der Waals surface area (Å²) in [5, 5.41) is 0. The fraction of sp³-hybridized carbons (Fsp3) is 0.143. The Morgan fingerprint density at radius 1 is 0.318 bits per heavy atom. The standard InChI is InChI=1S/C42H40N2/c1-29-15-13-16-30(2)41(29)43(37-19-9-7-10-20-37)39-25-23-35(27-33(39)5)36-24-26-40(34(6)28-36)44(38-21-11-8-12-22-38)42-31(3)17-14-18-32(42)4/h7-28H,1-6H3. The molecule has 218 valence electrons. The molecule has 0 unspecified atom stereocenters. The van der Waals surface area contributed by atoms with E-state index in [1.54, 1.807) is 0 Å². The summed E-state index contributed by atoms with van der Waals surface area (Å²) in [6.45, 7) is 13.2. The van der Waals surface area contributed by atoms with Crippen LogP contribution in [0, 0.1) is 41.5 Å². The highest BCUT2D eigenvalue weighted by Crippen LogP contribution is 2.43. The van der Waals surface area contributed by atoms with Crippen LogP contribution in [-0.2, 0) is 0 Å². The molecule has 0 fully saturated rings. The molecule has 6 aromatic rings. The minimum atomic E-state index is 1.16. The van der Waals surface area contributed by atoms with Gasteiger partial charge in [0.1, 0.15) is 0 Å². The highest BCUT2D eigenvalue weighted by molar-refractivity contribution is 5.85. The first-order valence-corrected chi connectivity index (χ1v) is 15.4. The zero-order valence-electron chi connectivity index (χ0n) is 26.6. The average Bonchev–Trinajstić information content (AvgIpc) is 3.02. The van der Waals surface area contributed by atoms with E-state index in [4.69, 9.17) is 0 Å². The van der Waals surface area contributed by atoms with E-state index in [1.807, 2.05) is 0 Å². The molecule has 0 aromatic heterocycles. The second-order valence-corrected chi connectivity index (χ2v) is 11.8. The van der Waals surface area contributed by atoms with Gasteiger partial charge in [-0.1, -0.05) is 84.9 Å². The van der Waals surface area contributed by atoms with Gasteiger partial charge in [-0.15, -0.1) is 0 Å². The van der Waals surface area contributed by atoms with E-state index < -0.39 is 0 Å². The Kier molecular flexibility index (Phi) is 8.09. The number of aryl methyl sites for hydroxylation is 6. The molecule has 44 heavy (non-hydrogen) atoms. The predicted molar refractivity (Wildman–Crippen MR) is 190 cm³/mol. The molecule has 0 heterocycles. The molecule has 0 spiro atoms. The minimum Gasteiger partial charge on any atom is -0.310 e. The lowest BCUT2D eigenvalue weighted by Gasteiger charge is -2.31. The van der Waals surface area contributed by atoms with Gasteiger partial charge in [0.25, 0.3) is 0 Å². The highest BCUT2D eigenvalue weighted by Gasteiger charge is 2.20. The molecule has 2 heteroatoms. The topological polar surface area (TPSA) is 6.48 Å². The molecule has 6 aromatic carbocycles. The van der Waals surface area contributed by atoms with Gasteiger partial charge in [-0.2, -0.15) is 0 Å². The molecule has 0 atom stereocenters. The zero-order valence-corrected chi connectivity index (χ0v) is 26.6. The number of anilines is 6. The van der Waals surface area contributed by atoms with Crippen molar-refractivity contribution < 1.29 is 0 Å². The molecule has 0 saturated carbocycles. The number of hydrogen-bond acceptors (Lipinski definition) is 2. The van der Waals surface area contributed by atoms with Gasteiger partial charge in [0.05, 0.1) is 11.4 Å². The first-order valence-electron chi connectivity index (χ1n) is 15.4. The fourth-order valence-corrected chi connectivity index (χ4v) is 6.42. The number of benzene rings is 6. The SMILES string of the molecule is Cc1cc(-c2ccc(N(c3ccccc3)c3c(C)cccc3C)c(C)c2)ccc1N(c1ccccc1)c1c(C)cccc1C. The summed E-state index contributed by atoms with van der Waals surface area (Å²) in [4.78, 5) is 4.81. The van der Waals surface area contributed by atoms with Crippen LogP contribution in [-0.4, -0.2) is 0 Å². The summed E-state index contributed by atoms with van der Waals surface area (Å²) in [5.41, 5.74) is 17.1. The maximum Gasteiger partial charge on any atom is 0.0520 e. The van der Waals surface area contributed by atoms with Crippen LogP contribution >= 0.6 is 0 Å². The van der Waals surface area contributed by atoms with Crippen LogP contribution in [0.2, 0.25) is 0 Å². The summed E-state index contributed by atoms with van der Waals surface area (Å²) in [6.07, 6.45) is 0. The first-order chi connectivity index (χ1) is 21.3. The van der Waals surface area contributed by atoms with Gasteiger partial charge < -0.3 is 9.80 Å². The van der Waals surface area contributed by atoms with E-state index in [-0.39, 0.29) is 0 Å². The molecule has 0 saturated heterocycles. The molecular formula is C42H40N2. The van der Waals surface area contributed by atoms with E-state index in [2.05, 4.69) is 185 Å². The molecule has 0 N–H and O–H groups in total. The quantitative estimate of drug-likeness (QED) is 0.188. The lowest BCUT2D eigenvalue weighted by Crippen LogP contribution is -2.14. The van der Waals surface area contributed by atoms with Gasteiger partial charge in [0.15, 0.2) is 0 Å². The Balaban J connectivity index is 1.42. The van der Waals surface area contributed by atoms with Gasteiger partial charge in [0.2, 0.25) is 0 Å². The third-order valence-electron chi connectivity index (χ3n) is 8.56. The molecule has 0 aliphatic rings. The summed E-state index contributed by atoms with van der Waals surface area (Å²) < 4.78 is 0. The van der Waals surface area contributed by atoms with Crippen LogP contribution in [0.1, 0.15) is 33.4 Å². The van der Waals surface area contributed by atoms with Crippen molar-refractivity contribution in [3.8, 4) is 11.1 Å². The Labute approximate surface area is 262 Å². The monoisotopic (exact) mass is 572 g/mol. The summed E-state index contributed by atoms with van der Waals surface area (Å²) in [6, 6.07) is 48.2. The maximum absolute atomic E-state index is 2.40. The van der Waals surface area contributed by atoms with Crippen molar-refractivity contribution >= 4 is 34.1 Å². The number of nitrogens with zero attached hydrogens (tertiary/aromatic N) is 2. The Morgan fingerprint density at radius 2 is 0.659 bits per heavy atom. The second kappa shape index (κ2) is 12.3. The first kappa shape index (κ1) is 29.0. The van der Waals surface area contributed by atoms with E-state index in [1.165, 1.54) is 67.3 Å². The van der Waals surface area contributed by atoms with Crippen molar-refractivity contribution in [2.24, 2.45) is 0 Å². The van der Waals surface area contributed by atoms with Crippen molar-refractivity contribution in [3.63, 3.8) is 0 Å². The molecule has 0 aliphatic carbocycles. The average molecular weight is 573 g/mol. The van der Waals surface area contributed by atoms with Gasteiger partial charge in [-0.3, -0.25) is 0 Å². The van der Waals surface area contributed by atoms with E-state index in [0.717, 1.165) is 11.4 Å². The van der Waals surface area contributed by atoms with Crippen LogP contribution < -0.4 is 9.80 Å². The minimum absolute atomic E-state index is 1.16. The Morgan fingerprint density at radius 3 is 0.977 bits per heavy atom. The van der Waals surface area contributed by atoms with Crippen molar-refractivity contribution in [2.45, 2.75) is 41.5 Å². The number of para-hydroxylation sites is 4. The van der Waals surface area contributed by atoms with Crippen LogP contribution in [0.4, 0.5) is 34.1 Å². The molecule has 0 radical (unpaired) electrons. The van der Waals surface area contributed by atoms with Crippen LogP contribution in [0.15, 0.2) is 133 Å². The van der Waals surface area contributed by atoms with Crippen LogP contribution in [0.5, 0.6) is 0 Å². The molecule has 0 amide bonds. The molecule has 0 bridgehead atoms. The molecule has 0 aliphatic heterocycles. The summed E-state index contributed by atoms with van der Waals surface area (Å²) in [5.74, 6) is 0. The summed E-state index contributed by atoms with van der Waals surface area (Å²) in [7, 11) is 0. The van der Waals surface area contributed by atoms with E-state index >= 15 is 0 Å². The van der Waals surface area contributed by atoms with Gasteiger partial charge >= 0.3 is 0 Å². The van der Waals surface area contributed by atoms with Crippen molar-refractivity contribution in [1.82, 2.24) is 0 Å². The van der Waals surface area contributed by atoms with E-state index in [0.29, 0.717) is 0 Å². The third kappa shape index (κ3) is 5.52. The molecule has 6 rings (SSSR count).